The fraction of sp³-hybridized carbons (Fsp3) is 0.786. The number of carbonyl (C=O) groups excluding carboxylic acids is 2. The summed E-state index contributed by atoms with van der Waals surface area (Å²) in [5, 5.41) is 11.2. The molecule has 2 N–H and O–H groups in total. The summed E-state index contributed by atoms with van der Waals surface area (Å²) in [6.45, 7) is 9.10. The van der Waals surface area contributed by atoms with Gasteiger partial charge in [-0.25, -0.2) is 9.59 Å². The number of alkyl carbamates (subject to hydrolysis) is 1. The molecule has 0 rings (SSSR count). The SMILES string of the molecule is CC(C)COC(=O)NC(CCC(=O)OC(C)(C)C)C(=O)O. The molecule has 1 unspecified atom stereocenters. The predicted molar refractivity (Wildman–Crippen MR) is 75.8 cm³/mol. The molecule has 0 aliphatic carbocycles. The van der Waals surface area contributed by atoms with E-state index in [1.54, 1.807) is 20.8 Å². The predicted octanol–water partition coefficient (Wildman–Crippen LogP) is 1.94. The van der Waals surface area contributed by atoms with Gasteiger partial charge in [0.05, 0.1) is 6.61 Å². The molecule has 0 aromatic rings. The zero-order valence-corrected chi connectivity index (χ0v) is 13.3. The van der Waals surface area contributed by atoms with Crippen LogP contribution in [0.4, 0.5) is 4.79 Å². The minimum atomic E-state index is -1.22. The van der Waals surface area contributed by atoms with Crippen LogP contribution in [-0.2, 0) is 19.1 Å². The molecule has 0 aliphatic heterocycles. The molecule has 0 saturated carbocycles. The van der Waals surface area contributed by atoms with Gasteiger partial charge in [0.2, 0.25) is 0 Å². The Morgan fingerprint density at radius 1 is 1.19 bits per heavy atom. The van der Waals surface area contributed by atoms with Crippen molar-refractivity contribution < 1.29 is 29.0 Å². The zero-order chi connectivity index (χ0) is 16.6. The van der Waals surface area contributed by atoms with Gasteiger partial charge >= 0.3 is 18.0 Å². The molecule has 0 radical (unpaired) electrons. The topological polar surface area (TPSA) is 102 Å². The van der Waals surface area contributed by atoms with E-state index in [0.29, 0.717) is 0 Å². The third-order valence-corrected chi connectivity index (χ3v) is 2.20. The lowest BCUT2D eigenvalue weighted by Gasteiger charge is -2.20. The van der Waals surface area contributed by atoms with Crippen molar-refractivity contribution in [3.63, 3.8) is 0 Å². The Labute approximate surface area is 125 Å². The first-order valence-electron chi connectivity index (χ1n) is 6.89. The molecule has 0 fully saturated rings. The van der Waals surface area contributed by atoms with Gasteiger partial charge in [0.25, 0.3) is 0 Å². The molecule has 0 spiro atoms. The monoisotopic (exact) mass is 303 g/mol. The maximum Gasteiger partial charge on any atom is 0.407 e. The molecule has 0 heterocycles. The lowest BCUT2D eigenvalue weighted by atomic mass is 10.1. The third kappa shape index (κ3) is 10.6. The van der Waals surface area contributed by atoms with Crippen molar-refractivity contribution >= 4 is 18.0 Å². The fourth-order valence-corrected chi connectivity index (χ4v) is 1.34. The molecule has 1 atom stereocenters. The summed E-state index contributed by atoms with van der Waals surface area (Å²) >= 11 is 0. The molecular formula is C14H25NO6. The van der Waals surface area contributed by atoms with E-state index < -0.39 is 29.7 Å². The normalized spacial score (nSPS) is 12.7. The number of carbonyl (C=O) groups is 3. The molecule has 7 nitrogen and oxygen atoms in total. The molecule has 0 aromatic heterocycles. The highest BCUT2D eigenvalue weighted by molar-refractivity contribution is 5.80. The van der Waals surface area contributed by atoms with Crippen LogP contribution < -0.4 is 5.32 Å². The maximum absolute atomic E-state index is 11.5. The van der Waals surface area contributed by atoms with Crippen LogP contribution in [-0.4, -0.2) is 41.4 Å². The summed E-state index contributed by atoms with van der Waals surface area (Å²) in [4.78, 5) is 34.0. The Morgan fingerprint density at radius 2 is 1.76 bits per heavy atom. The van der Waals surface area contributed by atoms with E-state index in [9.17, 15) is 14.4 Å². The Bertz CT molecular complexity index is 372. The lowest BCUT2D eigenvalue weighted by molar-refractivity contribution is -0.155. The largest absolute Gasteiger partial charge is 0.480 e. The van der Waals surface area contributed by atoms with Crippen molar-refractivity contribution in [2.24, 2.45) is 5.92 Å². The van der Waals surface area contributed by atoms with Gasteiger partial charge in [-0.05, 0) is 33.1 Å². The number of carboxylic acids is 1. The van der Waals surface area contributed by atoms with Crippen LogP contribution in [0.2, 0.25) is 0 Å². The number of hydrogen-bond donors (Lipinski definition) is 2. The smallest absolute Gasteiger partial charge is 0.407 e. The van der Waals surface area contributed by atoms with Crippen LogP contribution in [0.3, 0.4) is 0 Å². The second-order valence-electron chi connectivity index (χ2n) is 6.15. The molecule has 0 aliphatic rings. The van der Waals surface area contributed by atoms with Crippen LogP contribution in [0.25, 0.3) is 0 Å². The second kappa shape index (κ2) is 8.49. The average molecular weight is 303 g/mol. The average Bonchev–Trinajstić information content (AvgIpc) is 2.29. The fourth-order valence-electron chi connectivity index (χ4n) is 1.34. The van der Waals surface area contributed by atoms with Gasteiger partial charge in [0.1, 0.15) is 11.6 Å². The van der Waals surface area contributed by atoms with Crippen LogP contribution in [0, 0.1) is 5.92 Å². The number of aliphatic carboxylic acids is 1. The van der Waals surface area contributed by atoms with Crippen molar-refractivity contribution in [2.75, 3.05) is 6.61 Å². The van der Waals surface area contributed by atoms with Gasteiger partial charge in [0.15, 0.2) is 0 Å². The first kappa shape index (κ1) is 19.2. The summed E-state index contributed by atoms with van der Waals surface area (Å²) in [7, 11) is 0. The van der Waals surface area contributed by atoms with Crippen molar-refractivity contribution in [3.05, 3.63) is 0 Å². The van der Waals surface area contributed by atoms with E-state index in [1.165, 1.54) is 0 Å². The highest BCUT2D eigenvalue weighted by Gasteiger charge is 2.23. The number of carboxylic acid groups (broad SMARTS) is 1. The number of esters is 1. The summed E-state index contributed by atoms with van der Waals surface area (Å²) < 4.78 is 9.92. The van der Waals surface area contributed by atoms with Gasteiger partial charge in [-0.2, -0.15) is 0 Å². The Balaban J connectivity index is 4.29. The highest BCUT2D eigenvalue weighted by Crippen LogP contribution is 2.10. The van der Waals surface area contributed by atoms with E-state index in [0.717, 1.165) is 0 Å². The minimum Gasteiger partial charge on any atom is -0.480 e. The molecule has 0 aromatic carbocycles. The molecule has 122 valence electrons. The summed E-state index contributed by atoms with van der Waals surface area (Å²) in [6, 6.07) is -1.18. The Kier molecular flexibility index (Phi) is 7.76. The molecule has 1 amide bonds. The van der Waals surface area contributed by atoms with Crippen LogP contribution in [0.1, 0.15) is 47.5 Å². The quantitative estimate of drug-likeness (QED) is 0.697. The van der Waals surface area contributed by atoms with Gasteiger partial charge in [0, 0.05) is 6.42 Å². The number of nitrogens with one attached hydrogen (secondary N) is 1. The zero-order valence-electron chi connectivity index (χ0n) is 13.3. The van der Waals surface area contributed by atoms with E-state index >= 15 is 0 Å². The van der Waals surface area contributed by atoms with E-state index in [4.69, 9.17) is 14.6 Å². The summed E-state index contributed by atoms with van der Waals surface area (Å²) in [6.07, 6.45) is -0.958. The number of amides is 1. The van der Waals surface area contributed by atoms with E-state index in [2.05, 4.69) is 5.32 Å². The molecule has 21 heavy (non-hydrogen) atoms. The number of rotatable bonds is 7. The first-order valence-corrected chi connectivity index (χ1v) is 6.89. The summed E-state index contributed by atoms with van der Waals surface area (Å²) in [5.74, 6) is -1.58. The Hall–Kier alpha value is -1.79. The maximum atomic E-state index is 11.5. The minimum absolute atomic E-state index is 0.0545. The first-order chi connectivity index (χ1) is 9.51. The van der Waals surface area contributed by atoms with Crippen molar-refractivity contribution in [1.82, 2.24) is 5.32 Å². The Morgan fingerprint density at radius 3 is 2.19 bits per heavy atom. The van der Waals surface area contributed by atoms with Gasteiger partial charge < -0.3 is 19.9 Å². The second-order valence-corrected chi connectivity index (χ2v) is 6.15. The van der Waals surface area contributed by atoms with Crippen molar-refractivity contribution in [1.29, 1.82) is 0 Å². The molecule has 0 saturated heterocycles. The number of hydrogen-bond acceptors (Lipinski definition) is 5. The highest BCUT2D eigenvalue weighted by atomic mass is 16.6. The van der Waals surface area contributed by atoms with E-state index in [-0.39, 0.29) is 25.4 Å². The van der Waals surface area contributed by atoms with Crippen LogP contribution in [0.5, 0.6) is 0 Å². The number of ether oxygens (including phenoxy) is 2. The van der Waals surface area contributed by atoms with E-state index in [1.807, 2.05) is 13.8 Å². The lowest BCUT2D eigenvalue weighted by Crippen LogP contribution is -2.42. The molecule has 0 bridgehead atoms. The molecular weight excluding hydrogens is 278 g/mol. The van der Waals surface area contributed by atoms with Gasteiger partial charge in [-0.15, -0.1) is 0 Å². The van der Waals surface area contributed by atoms with Crippen molar-refractivity contribution in [3.8, 4) is 0 Å². The van der Waals surface area contributed by atoms with Gasteiger partial charge in [-0.3, -0.25) is 4.79 Å². The van der Waals surface area contributed by atoms with Crippen LogP contribution >= 0.6 is 0 Å². The third-order valence-electron chi connectivity index (χ3n) is 2.20. The van der Waals surface area contributed by atoms with Crippen molar-refractivity contribution in [2.45, 2.75) is 59.1 Å². The molecule has 7 heteroatoms. The van der Waals surface area contributed by atoms with Crippen LogP contribution in [0.15, 0.2) is 0 Å². The summed E-state index contributed by atoms with van der Waals surface area (Å²) in [5.41, 5.74) is -0.626. The van der Waals surface area contributed by atoms with Gasteiger partial charge in [-0.1, -0.05) is 13.8 Å². The standard InChI is InChI=1S/C14H25NO6/c1-9(2)8-20-13(19)15-10(12(17)18)6-7-11(16)21-14(3,4)5/h9-10H,6-8H2,1-5H3,(H,15,19)(H,17,18).